The lowest BCUT2D eigenvalue weighted by Gasteiger charge is -2.49. The molecule has 1 saturated carbocycles. The topological polar surface area (TPSA) is 40.5 Å². The number of aliphatic carboxylic acids is 1. The Morgan fingerprint density at radius 3 is 2.32 bits per heavy atom. The van der Waals surface area contributed by atoms with Crippen molar-refractivity contribution in [2.24, 2.45) is 11.8 Å². The summed E-state index contributed by atoms with van der Waals surface area (Å²) in [5, 5.41) is 9.36. The second kappa shape index (κ2) is 6.25. The Hall–Kier alpha value is -0.570. The molecule has 3 nitrogen and oxygen atoms in total. The average Bonchev–Trinajstić information content (AvgIpc) is 2.62. The standard InChI is InChI=1S/C16H29NO2/c1-13-7-8-16(11-14(13)2,12-15(18)19)17-9-5-3-4-6-10-17/h13-14H,3-12H2,1-2H3,(H,18,19). The number of nitrogens with zero attached hydrogens (tertiary/aromatic N) is 1. The van der Waals surface area contributed by atoms with Crippen molar-refractivity contribution in [2.45, 2.75) is 70.8 Å². The minimum atomic E-state index is -0.619. The van der Waals surface area contributed by atoms with E-state index in [1.54, 1.807) is 0 Å². The van der Waals surface area contributed by atoms with Gasteiger partial charge in [0.05, 0.1) is 6.42 Å². The summed E-state index contributed by atoms with van der Waals surface area (Å²) in [4.78, 5) is 13.9. The van der Waals surface area contributed by atoms with Gasteiger partial charge in [-0.2, -0.15) is 0 Å². The molecule has 1 N–H and O–H groups in total. The van der Waals surface area contributed by atoms with Crippen LogP contribution in [0.2, 0.25) is 0 Å². The van der Waals surface area contributed by atoms with E-state index in [1.165, 1.54) is 32.1 Å². The Bertz CT molecular complexity index is 310. The molecule has 0 radical (unpaired) electrons. The molecule has 1 aliphatic heterocycles. The third kappa shape index (κ3) is 3.50. The van der Waals surface area contributed by atoms with Gasteiger partial charge in [0, 0.05) is 5.54 Å². The molecule has 1 saturated heterocycles. The maximum atomic E-state index is 11.4. The summed E-state index contributed by atoms with van der Waals surface area (Å²) in [6.45, 7) is 6.83. The molecule has 1 aliphatic carbocycles. The van der Waals surface area contributed by atoms with E-state index in [1.807, 2.05) is 0 Å². The van der Waals surface area contributed by atoms with Gasteiger partial charge in [-0.3, -0.25) is 9.69 Å². The SMILES string of the molecule is CC1CCC(CC(=O)O)(N2CCCCCC2)CC1C. The maximum Gasteiger partial charge on any atom is 0.305 e. The van der Waals surface area contributed by atoms with Crippen LogP contribution in [-0.4, -0.2) is 34.6 Å². The summed E-state index contributed by atoms with van der Waals surface area (Å²) >= 11 is 0. The molecule has 0 aromatic rings. The summed E-state index contributed by atoms with van der Waals surface area (Å²) in [6, 6.07) is 0. The highest BCUT2D eigenvalue weighted by atomic mass is 16.4. The van der Waals surface area contributed by atoms with Crippen LogP contribution in [0.1, 0.15) is 65.2 Å². The van der Waals surface area contributed by atoms with Crippen molar-refractivity contribution in [3.05, 3.63) is 0 Å². The minimum absolute atomic E-state index is 0.0535. The van der Waals surface area contributed by atoms with Crippen molar-refractivity contribution >= 4 is 5.97 Å². The number of rotatable bonds is 3. The third-order valence-electron chi connectivity index (χ3n) is 5.50. The number of carboxylic acids is 1. The zero-order chi connectivity index (χ0) is 13.9. The van der Waals surface area contributed by atoms with Gasteiger partial charge in [-0.15, -0.1) is 0 Å². The second-order valence-corrected chi connectivity index (χ2v) is 6.89. The van der Waals surface area contributed by atoms with Crippen molar-refractivity contribution < 1.29 is 9.90 Å². The van der Waals surface area contributed by atoms with Crippen LogP contribution in [-0.2, 0) is 4.79 Å². The van der Waals surface area contributed by atoms with E-state index in [4.69, 9.17) is 0 Å². The first-order valence-electron chi connectivity index (χ1n) is 8.00. The van der Waals surface area contributed by atoms with Gasteiger partial charge in [0.1, 0.15) is 0 Å². The lowest BCUT2D eigenvalue weighted by Crippen LogP contribution is -2.54. The van der Waals surface area contributed by atoms with Crippen LogP contribution in [0.4, 0.5) is 0 Å². The van der Waals surface area contributed by atoms with Gasteiger partial charge >= 0.3 is 5.97 Å². The van der Waals surface area contributed by atoms with Gasteiger partial charge in [-0.05, 0) is 57.0 Å². The maximum absolute atomic E-state index is 11.4. The summed E-state index contributed by atoms with van der Waals surface area (Å²) in [6.07, 6.45) is 8.77. The van der Waals surface area contributed by atoms with E-state index in [-0.39, 0.29) is 5.54 Å². The largest absolute Gasteiger partial charge is 0.481 e. The van der Waals surface area contributed by atoms with Crippen LogP contribution in [0.3, 0.4) is 0 Å². The number of carbonyl (C=O) groups is 1. The van der Waals surface area contributed by atoms with Gasteiger partial charge in [0.25, 0.3) is 0 Å². The highest BCUT2D eigenvalue weighted by Gasteiger charge is 2.43. The molecular formula is C16H29NO2. The van der Waals surface area contributed by atoms with Crippen LogP contribution in [0, 0.1) is 11.8 Å². The number of likely N-dealkylation sites (tertiary alicyclic amines) is 1. The van der Waals surface area contributed by atoms with Crippen LogP contribution in [0.5, 0.6) is 0 Å². The Morgan fingerprint density at radius 1 is 1.16 bits per heavy atom. The zero-order valence-electron chi connectivity index (χ0n) is 12.5. The minimum Gasteiger partial charge on any atom is -0.481 e. The average molecular weight is 267 g/mol. The highest BCUT2D eigenvalue weighted by molar-refractivity contribution is 5.68. The van der Waals surface area contributed by atoms with Gasteiger partial charge in [0.2, 0.25) is 0 Å². The molecule has 2 fully saturated rings. The normalized spacial score (nSPS) is 37.8. The fourth-order valence-electron chi connectivity index (χ4n) is 4.07. The van der Waals surface area contributed by atoms with Gasteiger partial charge in [0.15, 0.2) is 0 Å². The molecule has 2 aliphatic rings. The van der Waals surface area contributed by atoms with Crippen molar-refractivity contribution in [3.8, 4) is 0 Å². The molecule has 3 atom stereocenters. The molecular weight excluding hydrogens is 238 g/mol. The number of hydrogen-bond acceptors (Lipinski definition) is 2. The molecule has 3 heteroatoms. The third-order valence-corrected chi connectivity index (χ3v) is 5.50. The van der Waals surface area contributed by atoms with E-state index in [0.29, 0.717) is 12.3 Å². The van der Waals surface area contributed by atoms with E-state index in [9.17, 15) is 9.90 Å². The first-order chi connectivity index (χ1) is 9.03. The van der Waals surface area contributed by atoms with E-state index < -0.39 is 5.97 Å². The summed E-state index contributed by atoms with van der Waals surface area (Å²) in [5.74, 6) is 0.774. The van der Waals surface area contributed by atoms with Gasteiger partial charge in [-0.25, -0.2) is 0 Å². The summed E-state index contributed by atoms with van der Waals surface area (Å²) < 4.78 is 0. The van der Waals surface area contributed by atoms with Crippen LogP contribution < -0.4 is 0 Å². The van der Waals surface area contributed by atoms with E-state index in [0.717, 1.165) is 31.8 Å². The molecule has 0 spiro atoms. The summed E-state index contributed by atoms with van der Waals surface area (Å²) in [7, 11) is 0. The smallest absolute Gasteiger partial charge is 0.305 e. The molecule has 0 aromatic carbocycles. The summed E-state index contributed by atoms with van der Waals surface area (Å²) in [5.41, 5.74) is -0.0535. The van der Waals surface area contributed by atoms with Crippen LogP contribution >= 0.6 is 0 Å². The van der Waals surface area contributed by atoms with E-state index >= 15 is 0 Å². The monoisotopic (exact) mass is 267 g/mol. The fraction of sp³-hybridized carbons (Fsp3) is 0.938. The van der Waals surface area contributed by atoms with Crippen molar-refractivity contribution in [1.29, 1.82) is 0 Å². The predicted molar refractivity (Wildman–Crippen MR) is 77.2 cm³/mol. The van der Waals surface area contributed by atoms with Gasteiger partial charge in [-0.1, -0.05) is 26.7 Å². The Balaban J connectivity index is 2.15. The van der Waals surface area contributed by atoms with E-state index in [2.05, 4.69) is 18.7 Å². The van der Waals surface area contributed by atoms with Crippen molar-refractivity contribution in [2.75, 3.05) is 13.1 Å². The molecule has 3 unspecified atom stereocenters. The Morgan fingerprint density at radius 2 is 1.79 bits per heavy atom. The predicted octanol–water partition coefficient (Wildman–Crippen LogP) is 3.53. The Kier molecular flexibility index (Phi) is 4.88. The van der Waals surface area contributed by atoms with Crippen LogP contribution in [0.25, 0.3) is 0 Å². The second-order valence-electron chi connectivity index (χ2n) is 6.89. The highest BCUT2D eigenvalue weighted by Crippen LogP contribution is 2.42. The Labute approximate surface area is 117 Å². The molecule has 110 valence electrons. The zero-order valence-corrected chi connectivity index (χ0v) is 12.5. The van der Waals surface area contributed by atoms with Gasteiger partial charge < -0.3 is 5.11 Å². The lowest BCUT2D eigenvalue weighted by molar-refractivity contribution is -0.142. The van der Waals surface area contributed by atoms with Crippen molar-refractivity contribution in [1.82, 2.24) is 4.90 Å². The quantitative estimate of drug-likeness (QED) is 0.850. The molecule has 2 rings (SSSR count). The molecule has 1 heterocycles. The molecule has 0 bridgehead atoms. The molecule has 0 amide bonds. The van der Waals surface area contributed by atoms with Crippen LogP contribution in [0.15, 0.2) is 0 Å². The number of hydrogen-bond donors (Lipinski definition) is 1. The van der Waals surface area contributed by atoms with Crippen molar-refractivity contribution in [3.63, 3.8) is 0 Å². The molecule has 0 aromatic heterocycles. The first-order valence-corrected chi connectivity index (χ1v) is 8.00. The molecule has 19 heavy (non-hydrogen) atoms. The number of carboxylic acid groups (broad SMARTS) is 1. The fourth-order valence-corrected chi connectivity index (χ4v) is 4.07. The lowest BCUT2D eigenvalue weighted by atomic mass is 9.69. The first kappa shape index (κ1) is 14.8.